The van der Waals surface area contributed by atoms with Gasteiger partial charge < -0.3 is 4.48 Å². The lowest BCUT2D eigenvalue weighted by Crippen LogP contribution is -2.33. The minimum absolute atomic E-state index is 0.632. The van der Waals surface area contributed by atoms with Gasteiger partial charge in [-0.2, -0.15) is 0 Å². The van der Waals surface area contributed by atoms with E-state index in [9.17, 15) is 0 Å². The lowest BCUT2D eigenvalue weighted by Gasteiger charge is -2.24. The fraction of sp³-hybridized carbons (Fsp3) is 0.400. The molecule has 0 aliphatic carbocycles. The van der Waals surface area contributed by atoms with Crippen molar-refractivity contribution < 1.29 is 4.48 Å². The molecule has 1 aromatic carbocycles. The summed E-state index contributed by atoms with van der Waals surface area (Å²) in [5.41, 5.74) is 1.10. The van der Waals surface area contributed by atoms with Crippen LogP contribution in [0.2, 0.25) is 10.0 Å². The van der Waals surface area contributed by atoms with Gasteiger partial charge in [-0.15, -0.1) is 0 Å². The summed E-state index contributed by atoms with van der Waals surface area (Å²) in [6, 6.07) is 5.75. The average Bonchev–Trinajstić information content (AvgIpc) is 1.96. The first-order valence-electron chi connectivity index (χ1n) is 4.13. The molecule has 13 heavy (non-hydrogen) atoms. The van der Waals surface area contributed by atoms with Gasteiger partial charge in [-0.3, -0.25) is 0 Å². The second-order valence-electron chi connectivity index (χ2n) is 4.16. The van der Waals surface area contributed by atoms with Crippen molar-refractivity contribution in [2.45, 2.75) is 6.54 Å². The highest BCUT2D eigenvalue weighted by Crippen LogP contribution is 2.26. The van der Waals surface area contributed by atoms with Crippen LogP contribution in [-0.2, 0) is 6.54 Å². The molecule has 1 aromatic rings. The van der Waals surface area contributed by atoms with E-state index in [0.717, 1.165) is 16.6 Å². The van der Waals surface area contributed by atoms with Crippen LogP contribution in [0.15, 0.2) is 18.2 Å². The van der Waals surface area contributed by atoms with Crippen molar-refractivity contribution in [3.05, 3.63) is 33.8 Å². The topological polar surface area (TPSA) is 0 Å². The molecule has 0 aliphatic rings. The number of halogens is 2. The molecule has 1 rings (SSSR count). The number of hydrogen-bond donors (Lipinski definition) is 0. The lowest BCUT2D eigenvalue weighted by molar-refractivity contribution is -0.883. The summed E-state index contributed by atoms with van der Waals surface area (Å²) in [5, 5.41) is 1.31. The Morgan fingerprint density at radius 1 is 1.15 bits per heavy atom. The molecule has 3 heteroatoms. The average molecular weight is 219 g/mol. The Bertz CT molecular complexity index is 302. The van der Waals surface area contributed by atoms with Gasteiger partial charge in [0.2, 0.25) is 0 Å². The van der Waals surface area contributed by atoms with E-state index in [1.165, 1.54) is 0 Å². The van der Waals surface area contributed by atoms with Crippen molar-refractivity contribution in [2.75, 3.05) is 21.1 Å². The molecule has 0 heterocycles. The number of hydrogen-bond acceptors (Lipinski definition) is 0. The summed E-state index contributed by atoms with van der Waals surface area (Å²) < 4.78 is 0.847. The minimum atomic E-state index is 0.632. The maximum atomic E-state index is 6.06. The molecular formula is C10H14Cl2N+. The first-order chi connectivity index (χ1) is 5.90. The predicted octanol–water partition coefficient (Wildman–Crippen LogP) is 3.20. The molecule has 0 bridgehead atoms. The molecule has 0 saturated carbocycles. The molecule has 0 atom stereocenters. The van der Waals surface area contributed by atoms with Crippen LogP contribution in [0.5, 0.6) is 0 Å². The van der Waals surface area contributed by atoms with Crippen LogP contribution in [0.4, 0.5) is 0 Å². The summed E-state index contributed by atoms with van der Waals surface area (Å²) in [6.45, 7) is 0.888. The van der Waals surface area contributed by atoms with Crippen LogP contribution >= 0.6 is 23.2 Å². The first kappa shape index (κ1) is 10.8. The third kappa shape index (κ3) is 3.18. The van der Waals surface area contributed by atoms with Gasteiger partial charge in [-0.1, -0.05) is 35.3 Å². The lowest BCUT2D eigenvalue weighted by atomic mass is 10.2. The zero-order valence-electron chi connectivity index (χ0n) is 8.14. The zero-order valence-corrected chi connectivity index (χ0v) is 9.65. The molecule has 0 unspecified atom stereocenters. The van der Waals surface area contributed by atoms with Crippen molar-refractivity contribution >= 4 is 23.2 Å². The number of quaternary nitrogens is 1. The molecule has 0 amide bonds. The summed E-state index contributed by atoms with van der Waals surface area (Å²) >= 11 is 12.0. The summed E-state index contributed by atoms with van der Waals surface area (Å²) in [5.74, 6) is 0. The monoisotopic (exact) mass is 218 g/mol. The fourth-order valence-electron chi connectivity index (χ4n) is 1.18. The van der Waals surface area contributed by atoms with Crippen molar-refractivity contribution in [3.63, 3.8) is 0 Å². The Balaban J connectivity index is 2.96. The van der Waals surface area contributed by atoms with Gasteiger partial charge in [0.25, 0.3) is 0 Å². The molecule has 0 radical (unpaired) electrons. The second kappa shape index (κ2) is 3.87. The van der Waals surface area contributed by atoms with Crippen LogP contribution in [-0.4, -0.2) is 25.6 Å². The first-order valence-corrected chi connectivity index (χ1v) is 4.89. The van der Waals surface area contributed by atoms with E-state index in [2.05, 4.69) is 21.1 Å². The number of benzene rings is 1. The van der Waals surface area contributed by atoms with Gasteiger partial charge in [0.05, 0.1) is 31.2 Å². The third-order valence-electron chi connectivity index (χ3n) is 1.68. The highest BCUT2D eigenvalue weighted by Gasteiger charge is 2.12. The van der Waals surface area contributed by atoms with E-state index in [1.54, 1.807) is 0 Å². The number of nitrogens with zero attached hydrogens (tertiary/aromatic N) is 1. The Morgan fingerprint density at radius 3 is 2.31 bits per heavy atom. The van der Waals surface area contributed by atoms with Crippen molar-refractivity contribution in [2.24, 2.45) is 0 Å². The molecule has 72 valence electrons. The molecular weight excluding hydrogens is 205 g/mol. The van der Waals surface area contributed by atoms with Gasteiger partial charge in [-0.05, 0) is 6.07 Å². The highest BCUT2D eigenvalue weighted by molar-refractivity contribution is 6.42. The van der Waals surface area contributed by atoms with Crippen LogP contribution < -0.4 is 0 Å². The molecule has 0 aliphatic heterocycles. The molecule has 0 N–H and O–H groups in total. The fourth-order valence-corrected chi connectivity index (χ4v) is 1.56. The van der Waals surface area contributed by atoms with Crippen LogP contribution in [0.3, 0.4) is 0 Å². The zero-order chi connectivity index (χ0) is 10.1. The van der Waals surface area contributed by atoms with E-state index in [0.29, 0.717) is 10.0 Å². The summed E-state index contributed by atoms with van der Waals surface area (Å²) in [7, 11) is 6.37. The van der Waals surface area contributed by atoms with E-state index in [4.69, 9.17) is 23.2 Å². The third-order valence-corrected chi connectivity index (χ3v) is 2.53. The van der Waals surface area contributed by atoms with Crippen LogP contribution in [0.25, 0.3) is 0 Å². The second-order valence-corrected chi connectivity index (χ2v) is 4.95. The largest absolute Gasteiger partial charge is 0.327 e. The Morgan fingerprint density at radius 2 is 1.77 bits per heavy atom. The standard InChI is InChI=1S/C10H14Cl2N/c1-13(2,3)7-8-5-4-6-9(11)10(8)12/h4-6H,7H2,1-3H3/q+1. The predicted molar refractivity (Wildman–Crippen MR) is 58.2 cm³/mol. The molecule has 1 nitrogen and oxygen atoms in total. The van der Waals surface area contributed by atoms with Gasteiger partial charge >= 0.3 is 0 Å². The quantitative estimate of drug-likeness (QED) is 0.670. The van der Waals surface area contributed by atoms with Crippen molar-refractivity contribution in [1.82, 2.24) is 0 Å². The minimum Gasteiger partial charge on any atom is -0.327 e. The molecule has 0 fully saturated rings. The SMILES string of the molecule is C[N+](C)(C)Cc1cccc(Cl)c1Cl. The molecule has 0 aromatic heterocycles. The van der Waals surface area contributed by atoms with E-state index >= 15 is 0 Å². The Kier molecular flexibility index (Phi) is 3.23. The highest BCUT2D eigenvalue weighted by atomic mass is 35.5. The van der Waals surface area contributed by atoms with E-state index in [1.807, 2.05) is 18.2 Å². The van der Waals surface area contributed by atoms with Crippen LogP contribution in [0.1, 0.15) is 5.56 Å². The molecule has 0 saturated heterocycles. The maximum Gasteiger partial charge on any atom is 0.105 e. The van der Waals surface area contributed by atoms with Gasteiger partial charge in [0.1, 0.15) is 6.54 Å². The van der Waals surface area contributed by atoms with Crippen molar-refractivity contribution in [1.29, 1.82) is 0 Å². The summed E-state index contributed by atoms with van der Waals surface area (Å²) in [4.78, 5) is 0. The van der Waals surface area contributed by atoms with Crippen LogP contribution in [0, 0.1) is 0 Å². The normalized spacial score (nSPS) is 11.8. The van der Waals surface area contributed by atoms with E-state index in [-0.39, 0.29) is 0 Å². The van der Waals surface area contributed by atoms with Gasteiger partial charge in [-0.25, -0.2) is 0 Å². The van der Waals surface area contributed by atoms with Gasteiger partial charge in [0.15, 0.2) is 0 Å². The number of rotatable bonds is 2. The van der Waals surface area contributed by atoms with Crippen molar-refractivity contribution in [3.8, 4) is 0 Å². The van der Waals surface area contributed by atoms with E-state index < -0.39 is 0 Å². The summed E-state index contributed by atoms with van der Waals surface area (Å²) in [6.07, 6.45) is 0. The van der Waals surface area contributed by atoms with Gasteiger partial charge in [0, 0.05) is 5.56 Å². The Hall–Kier alpha value is -0.240. The maximum absolute atomic E-state index is 6.06. The Labute approximate surface area is 89.5 Å². The smallest absolute Gasteiger partial charge is 0.105 e. The molecule has 0 spiro atoms.